The lowest BCUT2D eigenvalue weighted by molar-refractivity contribution is 0.0175. The molecule has 0 spiro atoms. The smallest absolute Gasteiger partial charge is 0.411 e. The number of piperidine rings is 1. The lowest BCUT2D eigenvalue weighted by Crippen LogP contribution is -2.38. The van der Waals surface area contributed by atoms with Crippen molar-refractivity contribution in [2.75, 3.05) is 6.54 Å². The molecular weight excluding hydrogens is 608 g/mol. The summed E-state index contributed by atoms with van der Waals surface area (Å²) in [6, 6.07) is 21.0. The Morgan fingerprint density at radius 1 is 0.878 bits per heavy atom. The Morgan fingerprint density at radius 2 is 1.69 bits per heavy atom. The average Bonchev–Trinajstić information content (AvgIpc) is 3.68. The first-order chi connectivity index (χ1) is 23.8. The maximum atomic E-state index is 13.1. The number of fused-ring (bicyclic) bond motifs is 5. The van der Waals surface area contributed by atoms with E-state index in [1.165, 1.54) is 53.5 Å². The van der Waals surface area contributed by atoms with E-state index in [0.717, 1.165) is 65.7 Å². The van der Waals surface area contributed by atoms with Crippen molar-refractivity contribution in [2.45, 2.75) is 95.4 Å². The van der Waals surface area contributed by atoms with Gasteiger partial charge in [-0.15, -0.1) is 0 Å². The van der Waals surface area contributed by atoms with E-state index in [2.05, 4.69) is 69.9 Å². The fraction of sp³-hybridized carbons (Fsp3) is 0.439. The van der Waals surface area contributed by atoms with Crippen molar-refractivity contribution in [3.8, 4) is 33.5 Å². The van der Waals surface area contributed by atoms with E-state index in [0.29, 0.717) is 17.9 Å². The highest BCUT2D eigenvalue weighted by atomic mass is 16.6. The van der Waals surface area contributed by atoms with Crippen molar-refractivity contribution in [2.24, 2.45) is 11.8 Å². The summed E-state index contributed by atoms with van der Waals surface area (Å²) in [5, 5.41) is 3.58. The van der Waals surface area contributed by atoms with Gasteiger partial charge in [0, 0.05) is 6.04 Å². The minimum absolute atomic E-state index is 0.0662. The van der Waals surface area contributed by atoms with Crippen molar-refractivity contribution in [1.82, 2.24) is 30.2 Å². The molecule has 1 amide bonds. The standard InChI is InChI=1S/C41H44N6O2/c1-41(2,3)49-40(48)47-35-19-26(35)20-36(47)39-43-21-34(46-39)23-8-6-22(7-9-23)28-14-13-27(30-17-24-10-12-29(24)37(28)30)25-11-15-31-33(18-25)45-38(44-31)32-5-4-16-42-32/h6-9,11,13-15,18,21,24,26,29,32,35-36,42H,4-5,10,12,16-17,19-20H2,1-3H3,(H,43,46)(H,44,45). The number of nitrogens with one attached hydrogen (secondary N) is 3. The molecule has 0 radical (unpaired) electrons. The lowest BCUT2D eigenvalue weighted by Gasteiger charge is -2.31. The Morgan fingerprint density at radius 3 is 2.47 bits per heavy atom. The van der Waals surface area contributed by atoms with E-state index >= 15 is 0 Å². The first-order valence-electron chi connectivity index (χ1n) is 18.3. The molecular formula is C41H44N6O2. The molecule has 3 aromatic carbocycles. The Hall–Kier alpha value is -4.43. The van der Waals surface area contributed by atoms with Crippen LogP contribution in [0.3, 0.4) is 0 Å². The molecule has 3 N–H and O–H groups in total. The molecule has 2 aliphatic heterocycles. The van der Waals surface area contributed by atoms with E-state index in [-0.39, 0.29) is 18.2 Å². The summed E-state index contributed by atoms with van der Waals surface area (Å²) in [4.78, 5) is 31.9. The molecule has 6 unspecified atom stereocenters. The van der Waals surface area contributed by atoms with Crippen molar-refractivity contribution < 1.29 is 9.53 Å². The first-order valence-corrected chi connectivity index (χ1v) is 18.3. The third kappa shape index (κ3) is 4.93. The van der Waals surface area contributed by atoms with Gasteiger partial charge < -0.3 is 20.0 Å². The predicted molar refractivity (Wildman–Crippen MR) is 191 cm³/mol. The van der Waals surface area contributed by atoms with Gasteiger partial charge in [-0.05, 0) is 141 Å². The molecule has 8 nitrogen and oxygen atoms in total. The molecule has 4 fully saturated rings. The van der Waals surface area contributed by atoms with Crippen molar-refractivity contribution >= 4 is 17.1 Å². The highest BCUT2D eigenvalue weighted by Crippen LogP contribution is 2.56. The summed E-state index contributed by atoms with van der Waals surface area (Å²) >= 11 is 0. The van der Waals surface area contributed by atoms with E-state index in [4.69, 9.17) is 14.7 Å². The number of H-pyrrole nitrogens is 2. The largest absolute Gasteiger partial charge is 0.444 e. The molecule has 4 heterocycles. The van der Waals surface area contributed by atoms with Gasteiger partial charge in [0.15, 0.2) is 0 Å². The van der Waals surface area contributed by atoms with Crippen LogP contribution in [0, 0.1) is 11.8 Å². The minimum Gasteiger partial charge on any atom is -0.444 e. The molecule has 8 heteroatoms. The molecule has 5 aromatic rings. The number of ether oxygens (including phenoxy) is 1. The van der Waals surface area contributed by atoms with Crippen LogP contribution in [-0.4, -0.2) is 49.1 Å². The highest BCUT2D eigenvalue weighted by molar-refractivity contribution is 5.86. The van der Waals surface area contributed by atoms with E-state index in [1.54, 1.807) is 5.56 Å². The van der Waals surface area contributed by atoms with Gasteiger partial charge in [0.1, 0.15) is 17.2 Å². The van der Waals surface area contributed by atoms with E-state index in [1.807, 2.05) is 31.9 Å². The molecule has 10 rings (SSSR count). The number of hydrogen-bond donors (Lipinski definition) is 3. The second-order valence-electron chi connectivity index (χ2n) is 16.2. The number of benzene rings is 3. The molecule has 6 atom stereocenters. The van der Waals surface area contributed by atoms with Gasteiger partial charge in [-0.3, -0.25) is 4.90 Å². The number of nitrogens with zero attached hydrogens (tertiary/aromatic N) is 3. The zero-order valence-corrected chi connectivity index (χ0v) is 28.6. The fourth-order valence-electron chi connectivity index (χ4n) is 9.33. The zero-order valence-electron chi connectivity index (χ0n) is 28.6. The van der Waals surface area contributed by atoms with Crippen LogP contribution in [0.4, 0.5) is 4.79 Å². The molecule has 2 saturated heterocycles. The molecule has 2 saturated carbocycles. The second-order valence-corrected chi connectivity index (χ2v) is 16.2. The maximum absolute atomic E-state index is 13.1. The number of carbonyl (C=O) groups excluding carboxylic acids is 1. The minimum atomic E-state index is -0.518. The van der Waals surface area contributed by atoms with Gasteiger partial charge in [-0.1, -0.05) is 42.5 Å². The quantitative estimate of drug-likeness (QED) is 0.176. The average molecular weight is 653 g/mol. The van der Waals surface area contributed by atoms with Crippen LogP contribution in [0.1, 0.15) is 100 Å². The second kappa shape index (κ2) is 10.8. The topological polar surface area (TPSA) is 98.9 Å². The lowest BCUT2D eigenvalue weighted by atomic mass is 9.73. The molecule has 3 aliphatic carbocycles. The predicted octanol–water partition coefficient (Wildman–Crippen LogP) is 8.83. The number of aromatic amines is 2. The molecule has 2 aromatic heterocycles. The number of carbonyl (C=O) groups is 1. The summed E-state index contributed by atoms with van der Waals surface area (Å²) in [6.07, 6.45) is 9.81. The summed E-state index contributed by atoms with van der Waals surface area (Å²) in [5.74, 6) is 3.88. The SMILES string of the molecule is CC(C)(C)OC(=O)N1C(c2ncc(-c3ccc(-c4ccc(-c5ccc6nc(C7CCCN7)[nH]c6c5)c5c4C4CCC4C5)cc3)[nH]2)CC2CC21. The van der Waals surface area contributed by atoms with Gasteiger partial charge in [0.25, 0.3) is 0 Å². The monoisotopic (exact) mass is 652 g/mol. The number of aromatic nitrogens is 4. The zero-order chi connectivity index (χ0) is 33.0. The van der Waals surface area contributed by atoms with Gasteiger partial charge in [-0.2, -0.15) is 0 Å². The number of rotatable bonds is 5. The van der Waals surface area contributed by atoms with Gasteiger partial charge >= 0.3 is 6.09 Å². The van der Waals surface area contributed by atoms with Crippen molar-refractivity contribution in [3.05, 3.63) is 83.6 Å². The third-order valence-electron chi connectivity index (χ3n) is 11.9. The summed E-state index contributed by atoms with van der Waals surface area (Å²) in [6.45, 7) is 6.84. The van der Waals surface area contributed by atoms with Gasteiger partial charge in [0.2, 0.25) is 0 Å². The highest BCUT2D eigenvalue weighted by Gasteiger charge is 2.56. The molecule has 49 heavy (non-hydrogen) atoms. The Labute approximate surface area is 287 Å². The fourth-order valence-corrected chi connectivity index (χ4v) is 9.33. The molecule has 250 valence electrons. The van der Waals surface area contributed by atoms with Crippen LogP contribution < -0.4 is 5.32 Å². The number of amides is 1. The summed E-state index contributed by atoms with van der Waals surface area (Å²) in [7, 11) is 0. The van der Waals surface area contributed by atoms with Crippen LogP contribution in [0.5, 0.6) is 0 Å². The number of imidazole rings is 2. The van der Waals surface area contributed by atoms with Crippen LogP contribution in [0.15, 0.2) is 60.8 Å². The van der Waals surface area contributed by atoms with Crippen molar-refractivity contribution in [1.29, 1.82) is 0 Å². The number of likely N-dealkylation sites (tertiary alicyclic amines) is 1. The number of hydrogen-bond acceptors (Lipinski definition) is 5. The Balaban J connectivity index is 0.931. The van der Waals surface area contributed by atoms with Crippen LogP contribution in [-0.2, 0) is 11.2 Å². The third-order valence-corrected chi connectivity index (χ3v) is 11.9. The van der Waals surface area contributed by atoms with Crippen LogP contribution in [0.2, 0.25) is 0 Å². The van der Waals surface area contributed by atoms with Crippen molar-refractivity contribution in [3.63, 3.8) is 0 Å². The van der Waals surface area contributed by atoms with Crippen LogP contribution >= 0.6 is 0 Å². The van der Waals surface area contributed by atoms with Gasteiger partial charge in [-0.25, -0.2) is 14.8 Å². The Bertz CT molecular complexity index is 2100. The van der Waals surface area contributed by atoms with Crippen LogP contribution in [0.25, 0.3) is 44.5 Å². The molecule has 5 aliphatic rings. The normalized spacial score (nSPS) is 26.8. The molecule has 0 bridgehead atoms. The van der Waals surface area contributed by atoms with E-state index in [9.17, 15) is 4.79 Å². The Kier molecular flexibility index (Phi) is 6.49. The summed E-state index contributed by atoms with van der Waals surface area (Å²) in [5.41, 5.74) is 12.1. The van der Waals surface area contributed by atoms with Gasteiger partial charge in [0.05, 0.1) is 35.0 Å². The van der Waals surface area contributed by atoms with E-state index < -0.39 is 5.60 Å². The maximum Gasteiger partial charge on any atom is 0.411 e. The first kappa shape index (κ1) is 29.5. The summed E-state index contributed by atoms with van der Waals surface area (Å²) < 4.78 is 5.77.